The van der Waals surface area contributed by atoms with Crippen LogP contribution in [0.15, 0.2) is 115 Å². The molecule has 3 unspecified atom stereocenters. The van der Waals surface area contributed by atoms with Crippen molar-refractivity contribution >= 4 is 49.9 Å². The number of amides is 2. The van der Waals surface area contributed by atoms with Crippen molar-refractivity contribution in [1.29, 1.82) is 0 Å². The third-order valence-electron chi connectivity index (χ3n) is 26.5. The number of phosphoric acid groups is 1. The Hall–Kier alpha value is -9.68. The molecule has 0 radical (unpaired) electrons. The third-order valence-corrected chi connectivity index (χ3v) is 28.0. The Morgan fingerprint density at radius 1 is 0.367 bits per heavy atom. The summed E-state index contributed by atoms with van der Waals surface area (Å²) < 4.78 is 95.6. The first kappa shape index (κ1) is 113. The van der Waals surface area contributed by atoms with E-state index in [2.05, 4.69) is 195 Å². The molecular weight excluding hydrogens is 1780 g/mol. The number of benzene rings is 6. The smallest absolute Gasteiger partial charge is 0.466 e. The Labute approximate surface area is 829 Å². The minimum Gasteiger partial charge on any atom is -0.466 e. The number of ether oxygens (including phenoxy) is 12. The molecule has 6 aromatic carbocycles. The van der Waals surface area contributed by atoms with E-state index in [4.69, 9.17) is 70.4 Å². The monoisotopic (exact) mass is 1950 g/mol. The first-order chi connectivity index (χ1) is 65.7. The summed E-state index contributed by atoms with van der Waals surface area (Å²) >= 11 is 0. The van der Waals surface area contributed by atoms with Gasteiger partial charge >= 0.3 is 49.9 Å². The van der Waals surface area contributed by atoms with Crippen LogP contribution in [0.25, 0.3) is 0 Å². The molecule has 13 rings (SSSR count). The maximum absolute atomic E-state index is 12.7. The minimum absolute atomic E-state index is 0.0236. The van der Waals surface area contributed by atoms with Crippen molar-refractivity contribution in [1.82, 2.24) is 9.80 Å². The van der Waals surface area contributed by atoms with Gasteiger partial charge in [-0.15, -0.1) is 0 Å². The summed E-state index contributed by atoms with van der Waals surface area (Å²) in [5, 5.41) is 0. The van der Waals surface area contributed by atoms with E-state index in [0.717, 1.165) is 74.8 Å². The highest BCUT2D eigenvalue weighted by molar-refractivity contribution is 7.48. The van der Waals surface area contributed by atoms with E-state index in [0.29, 0.717) is 103 Å². The minimum atomic E-state index is -3.57. The van der Waals surface area contributed by atoms with E-state index in [-0.39, 0.29) is 88.4 Å². The van der Waals surface area contributed by atoms with Gasteiger partial charge in [-0.2, -0.15) is 0 Å². The first-order valence-electron chi connectivity index (χ1n) is 50.9. The molecule has 7 fully saturated rings. The lowest BCUT2D eigenvalue weighted by molar-refractivity contribution is -0.160. The van der Waals surface area contributed by atoms with Crippen LogP contribution in [0.1, 0.15) is 396 Å². The van der Waals surface area contributed by atoms with Gasteiger partial charge in [0.05, 0.1) is 24.5 Å². The number of nitrogens with zero attached hydrogens (tertiary/aromatic N) is 2. The lowest BCUT2D eigenvalue weighted by atomic mass is 9.90. The topological polar surface area (TPSA) is 281 Å². The van der Waals surface area contributed by atoms with Crippen molar-refractivity contribution in [2.75, 3.05) is 66.8 Å². The highest BCUT2D eigenvalue weighted by Gasteiger charge is 2.42. The van der Waals surface area contributed by atoms with E-state index >= 15 is 0 Å². The van der Waals surface area contributed by atoms with Gasteiger partial charge in [0.15, 0.2) is 6.79 Å². The summed E-state index contributed by atoms with van der Waals surface area (Å²) in [5.74, 6) is 9.36. The van der Waals surface area contributed by atoms with Crippen molar-refractivity contribution in [2.24, 2.45) is 40.9 Å². The number of hydrogen-bond donors (Lipinski definition) is 0. The molecule has 0 N–H and O–H groups in total. The Morgan fingerprint density at radius 3 is 1.02 bits per heavy atom. The number of carbonyl (C=O) groups excluding carboxylic acids is 7. The van der Waals surface area contributed by atoms with E-state index in [9.17, 15) is 38.1 Å². The number of phosphoric ester groups is 1. The average molecular weight is 1950 g/mol. The Kier molecular flexibility index (Phi) is 42.1. The second-order valence-electron chi connectivity index (χ2n) is 42.8. The summed E-state index contributed by atoms with van der Waals surface area (Å²) in [7, 11) is -3.57. The Balaban J connectivity index is 0.000000195. The third kappa shape index (κ3) is 34.3. The molecule has 139 heavy (non-hydrogen) atoms. The summed E-state index contributed by atoms with van der Waals surface area (Å²) in [6.07, 6.45) is 13.7. The quantitative estimate of drug-likeness (QED) is 0.0114. The predicted octanol–water partition coefficient (Wildman–Crippen LogP) is 27.6. The number of esters is 5. The Bertz CT molecular complexity index is 5050. The molecule has 0 bridgehead atoms. The molecule has 7 aliphatic rings. The highest BCUT2D eigenvalue weighted by atomic mass is 31.2. The lowest BCUT2D eigenvalue weighted by Crippen LogP contribution is -2.44. The van der Waals surface area contributed by atoms with Crippen molar-refractivity contribution in [2.45, 2.75) is 347 Å². The van der Waals surface area contributed by atoms with Gasteiger partial charge in [-0.25, -0.2) is 28.3 Å². The van der Waals surface area contributed by atoms with Gasteiger partial charge in [0.25, 0.3) is 0 Å². The van der Waals surface area contributed by atoms with Crippen LogP contribution in [0, 0.1) is 40.9 Å². The van der Waals surface area contributed by atoms with Crippen molar-refractivity contribution in [3.8, 4) is 34.5 Å². The summed E-state index contributed by atoms with van der Waals surface area (Å²) in [6, 6.07) is 37.3. The fourth-order valence-electron chi connectivity index (χ4n) is 17.6. The molecule has 5 aliphatic carbocycles. The van der Waals surface area contributed by atoms with E-state index < -0.39 is 54.5 Å². The fourth-order valence-corrected chi connectivity index (χ4v) is 18.6. The van der Waals surface area contributed by atoms with Crippen molar-refractivity contribution in [3.63, 3.8) is 0 Å². The SMILES string of the molecule is CC(=O)Oc1ccccc1C(=O)OCOc1c(C(C)C)cccc1[C@H](C)C1CC1.CC(C)c1cccc([C@H](C)C2CC2)c1OCOC(=O)C(C)(C)C.CC(C)c1cccc([C@H](C)C2CC2)c1OCOC(=O)C1CCCN1C(=O)OC(C)(C)C.CC(C)c1cccc([C@H](C)C2CC2)c1OCOC(=O)C1CCN(C(=O)OC(C)(C)C)C1.CCOP(=O)(OCC)OCOc1c(C(C)C)cccc1C(C)C1CC1. The predicted molar refractivity (Wildman–Crippen MR) is 541 cm³/mol. The zero-order chi connectivity index (χ0) is 102. The van der Waals surface area contributed by atoms with Crippen LogP contribution in [0.5, 0.6) is 34.5 Å². The van der Waals surface area contributed by atoms with Crippen LogP contribution in [0.3, 0.4) is 0 Å². The van der Waals surface area contributed by atoms with Gasteiger partial charge in [-0.1, -0.05) is 207 Å². The summed E-state index contributed by atoms with van der Waals surface area (Å²) in [5.41, 5.74) is 10.2. The molecule has 5 saturated carbocycles. The zero-order valence-electron chi connectivity index (χ0n) is 88.3. The number of carbonyl (C=O) groups is 7. The number of likely N-dealkylation sites (tertiary alicyclic amines) is 2. The Morgan fingerprint density at radius 2 is 0.691 bits per heavy atom. The van der Waals surface area contributed by atoms with Crippen molar-refractivity contribution in [3.05, 3.63) is 176 Å². The van der Waals surface area contributed by atoms with Gasteiger partial charge in [-0.05, 0) is 316 Å². The molecule has 7 atom stereocenters. The van der Waals surface area contributed by atoms with Crippen LogP contribution in [0.2, 0.25) is 0 Å². The van der Waals surface area contributed by atoms with Gasteiger partial charge in [0, 0.05) is 26.6 Å². The maximum Gasteiger partial charge on any atom is 0.477 e. The second kappa shape index (κ2) is 51.8. The van der Waals surface area contributed by atoms with Gasteiger partial charge in [-0.3, -0.25) is 28.3 Å². The van der Waals surface area contributed by atoms with E-state index in [1.165, 1.54) is 104 Å². The van der Waals surface area contributed by atoms with Crippen molar-refractivity contribution < 1.29 is 109 Å². The van der Waals surface area contributed by atoms with E-state index in [1.54, 1.807) is 43.0 Å². The standard InChI is InChI=1S/2C25H37NO5.C24H28O5.C20H30O3.C19H31O5P/c1-16(2)19-9-7-10-20(17(3)18-12-13-18)22(19)29-15-30-23(27)21-11-8-14-26(21)24(28)31-25(4,5)6;1-16(2)20-8-7-9-21(17(3)18-10-11-18)22(20)29-15-30-23(27)19-12-13-26(14-19)24(28)31-25(4,5)6;1-15(2)19-9-7-10-20(16(3)18-12-13-18)23(19)27-14-28-24(26)21-8-5-6-11-22(21)29-17(4)25;1-13(2)16-8-7-9-17(14(3)15-10-11-15)18(16)22-12-23-19(21)20(4,5)6;1-6-22-25(20,23-7-2)24-13-21-19-17(14(3)4)9-8-10-18(19)15(5)16-11-12-16/h7,9-10,16-18,21H,8,11-15H2,1-6H3;7-9,16-19H,10-15H2,1-6H3;5-11,15-16,18H,12-14H2,1-4H3;7-9,13-15H,10-12H2,1-6H3;8-10,14-16H,6-7,11-13H2,1-5H3/t17-,21?;17-,19?;16-;14-;/m1111./s1. The number of para-hydroxylation sites is 6. The molecular formula is C113H163N2O23P. The fraction of sp³-hybridized carbons (Fsp3) is 0.619. The van der Waals surface area contributed by atoms with Crippen LogP contribution in [-0.4, -0.2) is 136 Å². The highest BCUT2D eigenvalue weighted by Crippen LogP contribution is 2.54. The first-order valence-corrected chi connectivity index (χ1v) is 52.4. The zero-order valence-corrected chi connectivity index (χ0v) is 89.2. The molecule has 2 saturated heterocycles. The summed E-state index contributed by atoms with van der Waals surface area (Å²) in [4.78, 5) is 88.6. The molecule has 2 aliphatic heterocycles. The molecule has 0 spiro atoms. The second-order valence-corrected chi connectivity index (χ2v) is 44.5. The number of rotatable bonds is 39. The largest absolute Gasteiger partial charge is 0.477 e. The van der Waals surface area contributed by atoms with Gasteiger partial charge < -0.3 is 61.7 Å². The molecule has 25 nitrogen and oxygen atoms in total. The normalized spacial score (nSPS) is 17.5. The van der Waals surface area contributed by atoms with E-state index in [1.807, 2.05) is 62.3 Å². The summed E-state index contributed by atoms with van der Waals surface area (Å²) in [6.45, 7) is 55.0. The maximum atomic E-state index is 12.7. The van der Waals surface area contributed by atoms with Crippen LogP contribution >= 0.6 is 7.82 Å². The molecule has 2 amide bonds. The number of hydrogen-bond acceptors (Lipinski definition) is 23. The van der Waals surface area contributed by atoms with Gasteiger partial charge in [0.1, 0.15) is 57.3 Å². The molecule has 0 aromatic heterocycles. The van der Waals surface area contributed by atoms with Crippen LogP contribution in [0.4, 0.5) is 9.59 Å². The molecule has 26 heteroatoms. The molecule has 2 heterocycles. The van der Waals surface area contributed by atoms with Crippen LogP contribution < -0.4 is 28.4 Å². The lowest BCUT2D eigenvalue weighted by Gasteiger charge is -2.27. The molecule has 6 aromatic rings. The molecule has 768 valence electrons. The van der Waals surface area contributed by atoms with Crippen LogP contribution in [-0.2, 0) is 65.7 Å². The van der Waals surface area contributed by atoms with Gasteiger partial charge in [0.2, 0.25) is 27.2 Å². The average Bonchev–Trinajstić information content (AvgIpc) is 1.47.